The van der Waals surface area contributed by atoms with Crippen molar-refractivity contribution >= 4 is 90.3 Å². The minimum Gasteiger partial charge on any atom is -0.298 e. The number of pyridine rings is 2. The van der Waals surface area contributed by atoms with Crippen LogP contribution < -0.4 is 0 Å². The highest BCUT2D eigenvalue weighted by atomic mass is 32.1. The van der Waals surface area contributed by atoms with Gasteiger partial charge >= 0.3 is 0 Å². The Bertz CT molecular complexity index is 2010. The van der Waals surface area contributed by atoms with Crippen LogP contribution in [0.4, 0.5) is 0 Å². The van der Waals surface area contributed by atoms with Gasteiger partial charge in [-0.05, 0) is 24.3 Å². The van der Waals surface area contributed by atoms with E-state index in [0.717, 1.165) is 16.4 Å². The Morgan fingerprint density at radius 1 is 0.645 bits per heavy atom. The summed E-state index contributed by atoms with van der Waals surface area (Å²) in [6.07, 6.45) is 7.79. The molecule has 5 heteroatoms. The van der Waals surface area contributed by atoms with E-state index >= 15 is 0 Å². The predicted octanol–water partition coefficient (Wildman–Crippen LogP) is 7.77. The Balaban J connectivity index is 1.70. The van der Waals surface area contributed by atoms with Crippen LogP contribution in [-0.4, -0.2) is 14.4 Å². The van der Waals surface area contributed by atoms with E-state index in [4.69, 9.17) is 4.98 Å². The summed E-state index contributed by atoms with van der Waals surface area (Å²) in [6, 6.07) is 19.9. The van der Waals surface area contributed by atoms with Gasteiger partial charge < -0.3 is 0 Å². The van der Waals surface area contributed by atoms with Crippen molar-refractivity contribution in [1.29, 1.82) is 0 Å². The molecule has 0 aliphatic heterocycles. The zero-order chi connectivity index (χ0) is 20.1. The molecule has 5 heterocycles. The topological polar surface area (TPSA) is 30.2 Å². The molecule has 0 atom stereocenters. The number of imidazole rings is 1. The van der Waals surface area contributed by atoms with Crippen LogP contribution in [0, 0.1) is 0 Å². The van der Waals surface area contributed by atoms with Crippen LogP contribution in [0.1, 0.15) is 0 Å². The molecular formula is C26H13N3S2. The number of rotatable bonds is 0. The quantitative estimate of drug-likeness (QED) is 0.230. The van der Waals surface area contributed by atoms with E-state index in [1.807, 2.05) is 41.3 Å². The van der Waals surface area contributed by atoms with E-state index in [1.165, 1.54) is 51.2 Å². The number of hydrogen-bond donors (Lipinski definition) is 0. The molecule has 3 aromatic carbocycles. The minimum atomic E-state index is 0.985. The number of nitrogens with zero attached hydrogens (tertiary/aromatic N) is 3. The van der Waals surface area contributed by atoms with Gasteiger partial charge in [0.15, 0.2) is 0 Å². The van der Waals surface area contributed by atoms with Gasteiger partial charge in [0.25, 0.3) is 0 Å². The van der Waals surface area contributed by atoms with Crippen LogP contribution >= 0.6 is 22.7 Å². The molecule has 3 nitrogen and oxygen atoms in total. The Morgan fingerprint density at radius 3 is 2.48 bits per heavy atom. The average Bonchev–Trinajstić information content (AvgIpc) is 3.53. The Hall–Kier alpha value is -3.54. The lowest BCUT2D eigenvalue weighted by atomic mass is 10.0. The molecule has 31 heavy (non-hydrogen) atoms. The van der Waals surface area contributed by atoms with Crippen LogP contribution in [0.3, 0.4) is 0 Å². The fourth-order valence-corrected chi connectivity index (χ4v) is 7.52. The van der Waals surface area contributed by atoms with E-state index in [9.17, 15) is 0 Å². The first-order chi connectivity index (χ1) is 15.4. The van der Waals surface area contributed by atoms with E-state index in [-0.39, 0.29) is 0 Å². The van der Waals surface area contributed by atoms with Gasteiger partial charge in [-0.1, -0.05) is 30.3 Å². The molecular weight excluding hydrogens is 418 g/mol. The van der Waals surface area contributed by atoms with Crippen molar-refractivity contribution in [2.45, 2.75) is 0 Å². The molecule has 0 radical (unpaired) electrons. The van der Waals surface area contributed by atoms with E-state index in [1.54, 1.807) is 0 Å². The van der Waals surface area contributed by atoms with Crippen LogP contribution in [-0.2, 0) is 0 Å². The van der Waals surface area contributed by atoms with Crippen molar-refractivity contribution < 1.29 is 0 Å². The summed E-state index contributed by atoms with van der Waals surface area (Å²) in [5.74, 6) is 0. The molecule has 0 saturated heterocycles. The highest BCUT2D eigenvalue weighted by molar-refractivity contribution is 7.29. The summed E-state index contributed by atoms with van der Waals surface area (Å²) in [5, 5.41) is 8.87. The van der Waals surface area contributed by atoms with Gasteiger partial charge in [0.1, 0.15) is 5.65 Å². The third kappa shape index (κ3) is 1.93. The average molecular weight is 432 g/mol. The van der Waals surface area contributed by atoms with Crippen molar-refractivity contribution in [1.82, 2.24) is 14.4 Å². The molecule has 0 aliphatic carbocycles. The molecule has 5 aromatic heterocycles. The van der Waals surface area contributed by atoms with Gasteiger partial charge in [-0.2, -0.15) is 0 Å². The number of hydrogen-bond acceptors (Lipinski definition) is 4. The zero-order valence-corrected chi connectivity index (χ0v) is 17.8. The zero-order valence-electron chi connectivity index (χ0n) is 16.2. The Labute approximate surface area is 183 Å². The minimum absolute atomic E-state index is 0.985. The molecule has 0 unspecified atom stereocenters. The number of fused-ring (bicyclic) bond motifs is 14. The fourth-order valence-electron chi connectivity index (χ4n) is 5.07. The first kappa shape index (κ1) is 16.2. The second-order valence-corrected chi connectivity index (χ2v) is 10.0. The molecule has 0 saturated carbocycles. The van der Waals surface area contributed by atoms with Gasteiger partial charge in [0.2, 0.25) is 0 Å². The lowest BCUT2D eigenvalue weighted by Crippen LogP contribution is -1.91. The molecule has 0 fully saturated rings. The molecule has 8 aromatic rings. The maximum absolute atomic E-state index is 4.69. The third-order valence-corrected chi connectivity index (χ3v) is 8.67. The SMILES string of the molecule is c1ccc2c(c1)sc1ccc3c(sc4ccc5c6cnccc6c6nccn6c5c43)c12. The van der Waals surface area contributed by atoms with Crippen LogP contribution in [0.15, 0.2) is 79.4 Å². The van der Waals surface area contributed by atoms with Crippen LogP contribution in [0.2, 0.25) is 0 Å². The standard InChI is InChI=1S/C26H13N3S2/c1-2-4-19-16(3-1)23-21(30-19)8-6-17-22-20(31-25(17)23)7-5-14-18-13-27-10-9-15(18)26-28-11-12-29(26)24(14)22/h1-13H. The van der Waals surface area contributed by atoms with E-state index < -0.39 is 0 Å². The summed E-state index contributed by atoms with van der Waals surface area (Å²) in [4.78, 5) is 9.11. The van der Waals surface area contributed by atoms with Gasteiger partial charge in [-0.15, -0.1) is 22.7 Å². The highest BCUT2D eigenvalue weighted by Gasteiger charge is 2.18. The Morgan fingerprint density at radius 2 is 1.52 bits per heavy atom. The van der Waals surface area contributed by atoms with Crippen LogP contribution in [0.5, 0.6) is 0 Å². The monoisotopic (exact) mass is 431 g/mol. The summed E-state index contributed by atoms with van der Waals surface area (Å²) < 4.78 is 7.64. The molecule has 144 valence electrons. The molecule has 8 rings (SSSR count). The second kappa shape index (κ2) is 5.58. The lowest BCUT2D eigenvalue weighted by Gasteiger charge is -2.09. The molecule has 0 amide bonds. The molecule has 0 bridgehead atoms. The van der Waals surface area contributed by atoms with Crippen molar-refractivity contribution in [2.24, 2.45) is 0 Å². The van der Waals surface area contributed by atoms with Gasteiger partial charge in [-0.25, -0.2) is 4.98 Å². The van der Waals surface area contributed by atoms with Crippen molar-refractivity contribution in [3.8, 4) is 0 Å². The fraction of sp³-hybridized carbons (Fsp3) is 0. The van der Waals surface area contributed by atoms with Crippen LogP contribution in [0.25, 0.3) is 67.7 Å². The summed E-state index contributed by atoms with van der Waals surface area (Å²) in [5.41, 5.74) is 2.20. The van der Waals surface area contributed by atoms with Gasteiger partial charge in [-0.3, -0.25) is 9.38 Å². The summed E-state index contributed by atoms with van der Waals surface area (Å²) in [7, 11) is 0. The first-order valence-corrected chi connectivity index (χ1v) is 11.8. The molecule has 0 N–H and O–H groups in total. The highest BCUT2D eigenvalue weighted by Crippen LogP contribution is 2.46. The first-order valence-electron chi connectivity index (χ1n) is 10.2. The summed E-state index contributed by atoms with van der Waals surface area (Å²) >= 11 is 3.78. The largest absolute Gasteiger partial charge is 0.298 e. The Kier molecular flexibility index (Phi) is 2.91. The number of benzene rings is 3. The number of aromatic nitrogens is 3. The van der Waals surface area contributed by atoms with Gasteiger partial charge in [0.05, 0.1) is 5.52 Å². The molecule has 0 spiro atoms. The normalized spacial score (nSPS) is 12.5. The molecule has 0 aliphatic rings. The predicted molar refractivity (Wildman–Crippen MR) is 134 cm³/mol. The van der Waals surface area contributed by atoms with E-state index in [0.29, 0.717) is 0 Å². The second-order valence-electron chi connectivity index (χ2n) is 7.89. The van der Waals surface area contributed by atoms with Crippen molar-refractivity contribution in [3.63, 3.8) is 0 Å². The number of thiophene rings is 2. The van der Waals surface area contributed by atoms with E-state index in [2.05, 4.69) is 70.2 Å². The van der Waals surface area contributed by atoms with Gasteiger partial charge in [0, 0.05) is 81.3 Å². The maximum Gasteiger partial charge on any atom is 0.145 e. The third-order valence-electron chi connectivity index (χ3n) is 6.35. The van der Waals surface area contributed by atoms with Crippen molar-refractivity contribution in [2.75, 3.05) is 0 Å². The van der Waals surface area contributed by atoms with Crippen molar-refractivity contribution in [3.05, 3.63) is 79.4 Å². The maximum atomic E-state index is 4.69. The lowest BCUT2D eigenvalue weighted by molar-refractivity contribution is 1.27. The smallest absolute Gasteiger partial charge is 0.145 e. The summed E-state index contributed by atoms with van der Waals surface area (Å²) in [6.45, 7) is 0.